The van der Waals surface area contributed by atoms with Gasteiger partial charge in [0.05, 0.1) is 6.61 Å². The maximum absolute atomic E-state index is 8.93. The van der Waals surface area contributed by atoms with E-state index in [2.05, 4.69) is 25.9 Å². The zero-order valence-corrected chi connectivity index (χ0v) is 10.5. The summed E-state index contributed by atoms with van der Waals surface area (Å²) >= 11 is 3.50. The van der Waals surface area contributed by atoms with Crippen LogP contribution in [0.2, 0.25) is 0 Å². The highest BCUT2D eigenvalue weighted by Gasteiger charge is 2.13. The van der Waals surface area contributed by atoms with Gasteiger partial charge >= 0.3 is 0 Å². The van der Waals surface area contributed by atoms with Crippen molar-refractivity contribution in [3.8, 4) is 11.3 Å². The summed E-state index contributed by atoms with van der Waals surface area (Å²) in [7, 11) is 1.92. The van der Waals surface area contributed by atoms with E-state index in [0.29, 0.717) is 6.42 Å². The molecule has 5 heteroatoms. The minimum atomic E-state index is 0.101. The molecular formula is C11H12BrN3O. The molecule has 0 aliphatic carbocycles. The zero-order chi connectivity index (χ0) is 11.5. The Bertz CT molecular complexity index is 481. The van der Waals surface area contributed by atoms with Gasteiger partial charge in [0.15, 0.2) is 0 Å². The Morgan fingerprint density at radius 2 is 2.31 bits per heavy atom. The molecule has 16 heavy (non-hydrogen) atoms. The van der Waals surface area contributed by atoms with Crippen molar-refractivity contribution in [1.82, 2.24) is 14.5 Å². The van der Waals surface area contributed by atoms with Crippen LogP contribution in [-0.4, -0.2) is 26.2 Å². The summed E-state index contributed by atoms with van der Waals surface area (Å²) in [6, 6.07) is 3.84. The van der Waals surface area contributed by atoms with Gasteiger partial charge in [-0.25, -0.2) is 4.98 Å². The van der Waals surface area contributed by atoms with E-state index in [0.717, 1.165) is 21.7 Å². The molecule has 84 valence electrons. The zero-order valence-electron chi connectivity index (χ0n) is 8.89. The Labute approximate surface area is 102 Å². The van der Waals surface area contributed by atoms with E-state index in [4.69, 9.17) is 5.11 Å². The van der Waals surface area contributed by atoms with Crippen LogP contribution in [0.4, 0.5) is 0 Å². The van der Waals surface area contributed by atoms with Crippen molar-refractivity contribution < 1.29 is 5.11 Å². The number of halogens is 1. The van der Waals surface area contributed by atoms with Gasteiger partial charge in [-0.1, -0.05) is 0 Å². The van der Waals surface area contributed by atoms with Crippen molar-refractivity contribution in [2.75, 3.05) is 6.61 Å². The first-order valence-electron chi connectivity index (χ1n) is 4.96. The molecule has 2 aromatic heterocycles. The van der Waals surface area contributed by atoms with E-state index in [1.807, 2.05) is 23.7 Å². The van der Waals surface area contributed by atoms with E-state index >= 15 is 0 Å². The smallest absolute Gasteiger partial charge is 0.112 e. The fraction of sp³-hybridized carbons (Fsp3) is 0.273. The van der Waals surface area contributed by atoms with E-state index in [1.165, 1.54) is 0 Å². The minimum absolute atomic E-state index is 0.101. The van der Waals surface area contributed by atoms with E-state index in [1.54, 1.807) is 12.4 Å². The highest BCUT2D eigenvalue weighted by molar-refractivity contribution is 9.10. The molecule has 0 bridgehead atoms. The molecule has 0 amide bonds. The van der Waals surface area contributed by atoms with Crippen LogP contribution in [0.15, 0.2) is 29.1 Å². The molecular weight excluding hydrogens is 270 g/mol. The fourth-order valence-electron chi connectivity index (χ4n) is 1.53. The Morgan fingerprint density at radius 3 is 2.94 bits per heavy atom. The van der Waals surface area contributed by atoms with E-state index in [9.17, 15) is 0 Å². The minimum Gasteiger partial charge on any atom is -0.396 e. The van der Waals surface area contributed by atoms with Crippen LogP contribution >= 0.6 is 15.9 Å². The van der Waals surface area contributed by atoms with Gasteiger partial charge in [-0.15, -0.1) is 0 Å². The summed E-state index contributed by atoms with van der Waals surface area (Å²) in [6.45, 7) is 0.101. The predicted octanol–water partition coefficient (Wildman–Crippen LogP) is 1.78. The molecule has 0 saturated heterocycles. The first-order chi connectivity index (χ1) is 7.74. The van der Waals surface area contributed by atoms with E-state index in [-0.39, 0.29) is 6.61 Å². The highest BCUT2D eigenvalue weighted by Crippen LogP contribution is 2.27. The Morgan fingerprint density at radius 1 is 1.50 bits per heavy atom. The second-order valence-electron chi connectivity index (χ2n) is 3.44. The summed E-state index contributed by atoms with van der Waals surface area (Å²) in [6.07, 6.45) is 4.06. The van der Waals surface area contributed by atoms with Crippen LogP contribution in [0, 0.1) is 0 Å². The monoisotopic (exact) mass is 281 g/mol. The molecule has 0 aliphatic heterocycles. The van der Waals surface area contributed by atoms with Crippen molar-refractivity contribution in [3.05, 3.63) is 35.0 Å². The van der Waals surface area contributed by atoms with Crippen LogP contribution in [0.3, 0.4) is 0 Å². The molecule has 1 N–H and O–H groups in total. The van der Waals surface area contributed by atoms with Crippen molar-refractivity contribution in [2.45, 2.75) is 6.42 Å². The van der Waals surface area contributed by atoms with Gasteiger partial charge in [0.25, 0.3) is 0 Å². The molecule has 0 fully saturated rings. The Balaban J connectivity index is 2.46. The quantitative estimate of drug-likeness (QED) is 0.933. The third kappa shape index (κ3) is 2.01. The molecule has 0 unspecified atom stereocenters. The maximum Gasteiger partial charge on any atom is 0.112 e. The number of rotatable bonds is 3. The first-order valence-corrected chi connectivity index (χ1v) is 5.75. The summed E-state index contributed by atoms with van der Waals surface area (Å²) in [5, 5.41) is 8.93. The molecule has 2 rings (SSSR count). The highest BCUT2D eigenvalue weighted by atomic mass is 79.9. The third-order valence-corrected chi connectivity index (χ3v) is 3.30. The number of aromatic nitrogens is 3. The number of hydrogen-bond donors (Lipinski definition) is 1. The van der Waals surface area contributed by atoms with Crippen molar-refractivity contribution in [1.29, 1.82) is 0 Å². The molecule has 0 atom stereocenters. The number of nitrogens with zero attached hydrogens (tertiary/aromatic N) is 3. The van der Waals surface area contributed by atoms with Crippen LogP contribution in [0.5, 0.6) is 0 Å². The standard InChI is InChI=1S/C11H12BrN3O/c1-15-9(4-6-16)14-10(11(15)12)8-3-2-5-13-7-8/h2-3,5,7,16H,4,6H2,1H3. The van der Waals surface area contributed by atoms with Gasteiger partial charge in [0.1, 0.15) is 16.1 Å². The van der Waals surface area contributed by atoms with E-state index < -0.39 is 0 Å². The van der Waals surface area contributed by atoms with Crippen molar-refractivity contribution >= 4 is 15.9 Å². The van der Waals surface area contributed by atoms with Gasteiger partial charge in [0.2, 0.25) is 0 Å². The summed E-state index contributed by atoms with van der Waals surface area (Å²) < 4.78 is 2.84. The lowest BCUT2D eigenvalue weighted by Gasteiger charge is -1.99. The Hall–Kier alpha value is -1.20. The predicted molar refractivity (Wildman–Crippen MR) is 64.9 cm³/mol. The van der Waals surface area contributed by atoms with Crippen molar-refractivity contribution in [3.63, 3.8) is 0 Å². The van der Waals surface area contributed by atoms with Crippen LogP contribution in [0.25, 0.3) is 11.3 Å². The SMILES string of the molecule is Cn1c(CCO)nc(-c2cccnc2)c1Br. The second-order valence-corrected chi connectivity index (χ2v) is 4.19. The largest absolute Gasteiger partial charge is 0.396 e. The number of aliphatic hydroxyl groups is 1. The summed E-state index contributed by atoms with van der Waals surface area (Å²) in [5.41, 5.74) is 1.83. The molecule has 2 aromatic rings. The number of pyridine rings is 1. The molecule has 0 aliphatic rings. The lowest BCUT2D eigenvalue weighted by Crippen LogP contribution is -2.00. The third-order valence-electron chi connectivity index (χ3n) is 2.39. The van der Waals surface area contributed by atoms with Crippen LogP contribution in [0.1, 0.15) is 5.82 Å². The second kappa shape index (κ2) is 4.76. The molecule has 0 spiro atoms. The molecule has 4 nitrogen and oxygen atoms in total. The average Bonchev–Trinajstić information content (AvgIpc) is 2.59. The molecule has 0 radical (unpaired) electrons. The molecule has 0 saturated carbocycles. The Kier molecular flexibility index (Phi) is 3.36. The van der Waals surface area contributed by atoms with Crippen LogP contribution < -0.4 is 0 Å². The van der Waals surface area contributed by atoms with Crippen molar-refractivity contribution in [2.24, 2.45) is 7.05 Å². The van der Waals surface area contributed by atoms with Gasteiger partial charge in [-0.3, -0.25) is 4.98 Å². The topological polar surface area (TPSA) is 50.9 Å². The van der Waals surface area contributed by atoms with Gasteiger partial charge in [-0.05, 0) is 28.1 Å². The number of hydrogen-bond acceptors (Lipinski definition) is 3. The van der Waals surface area contributed by atoms with Crippen LogP contribution in [-0.2, 0) is 13.5 Å². The molecule has 2 heterocycles. The number of imidazole rings is 1. The lowest BCUT2D eigenvalue weighted by atomic mass is 10.2. The summed E-state index contributed by atoms with van der Waals surface area (Å²) in [5.74, 6) is 0.855. The summed E-state index contributed by atoms with van der Waals surface area (Å²) in [4.78, 5) is 8.55. The average molecular weight is 282 g/mol. The van der Waals surface area contributed by atoms with Gasteiger partial charge in [-0.2, -0.15) is 0 Å². The fourth-order valence-corrected chi connectivity index (χ4v) is 2.05. The normalized spacial score (nSPS) is 10.7. The van der Waals surface area contributed by atoms with Gasteiger partial charge in [0, 0.05) is 31.4 Å². The van der Waals surface area contributed by atoms with Gasteiger partial charge < -0.3 is 9.67 Å². The first kappa shape index (κ1) is 11.3. The number of aliphatic hydroxyl groups excluding tert-OH is 1. The maximum atomic E-state index is 8.93. The molecule has 0 aromatic carbocycles. The lowest BCUT2D eigenvalue weighted by molar-refractivity contribution is 0.295.